The minimum absolute atomic E-state index is 0.00992. The number of hydrogen-bond donors (Lipinski definition) is 1. The molecule has 0 N–H and O–H groups in total. The summed E-state index contributed by atoms with van der Waals surface area (Å²) in [5.74, 6) is 0.00992. The van der Waals surface area contributed by atoms with Crippen molar-refractivity contribution >= 4 is 44.8 Å². The van der Waals surface area contributed by atoms with Crippen molar-refractivity contribution in [2.75, 3.05) is 0 Å². The van der Waals surface area contributed by atoms with Crippen LogP contribution in [0.1, 0.15) is 5.01 Å². The van der Waals surface area contributed by atoms with Crippen molar-refractivity contribution in [1.29, 1.82) is 0 Å². The second-order valence-corrected chi connectivity index (χ2v) is 4.23. The largest absolute Gasteiger partial charge is 0.231 e. The van der Waals surface area contributed by atoms with E-state index >= 15 is 0 Å². The highest BCUT2D eigenvalue weighted by atomic mass is 127. The smallest absolute Gasteiger partial charge is 0.203 e. The number of aromatic nitrogens is 2. The zero-order valence-electron chi connectivity index (χ0n) is 4.65. The summed E-state index contributed by atoms with van der Waals surface area (Å²) in [6.07, 6.45) is 0. The van der Waals surface area contributed by atoms with Gasteiger partial charge in [-0.1, -0.05) is 0 Å². The molecule has 1 rings (SSSR count). The van der Waals surface area contributed by atoms with Gasteiger partial charge in [0, 0.05) is 22.6 Å². The molecule has 1 aromatic rings. The van der Waals surface area contributed by atoms with E-state index in [1.807, 2.05) is 22.6 Å². The Labute approximate surface area is 76.9 Å². The monoisotopic (exact) mass is 290 g/mol. The van der Waals surface area contributed by atoms with Gasteiger partial charge in [-0.05, 0) is 11.5 Å². The Morgan fingerprint density at radius 3 is 2.70 bits per heavy atom. The highest BCUT2D eigenvalue weighted by Crippen LogP contribution is 2.06. The summed E-state index contributed by atoms with van der Waals surface area (Å²) < 4.78 is 24.7. The van der Waals surface area contributed by atoms with Gasteiger partial charge in [-0.2, -0.15) is 4.37 Å². The molecule has 0 saturated heterocycles. The third kappa shape index (κ3) is 2.46. The highest BCUT2D eigenvalue weighted by molar-refractivity contribution is 14.1. The van der Waals surface area contributed by atoms with Gasteiger partial charge in [0.25, 0.3) is 0 Å². The second-order valence-electron chi connectivity index (χ2n) is 1.45. The van der Waals surface area contributed by atoms with Gasteiger partial charge in [0.2, 0.25) is 3.83 Å². The first-order valence-corrected chi connectivity index (χ1v) is 5.50. The first-order chi connectivity index (χ1) is 4.68. The van der Waals surface area contributed by atoms with E-state index in [0.29, 0.717) is 8.84 Å². The Morgan fingerprint density at radius 2 is 2.30 bits per heavy atom. The van der Waals surface area contributed by atoms with Crippen molar-refractivity contribution in [3.8, 4) is 0 Å². The summed E-state index contributed by atoms with van der Waals surface area (Å²) in [5.41, 5.74) is 0. The molecule has 0 bridgehead atoms. The van der Waals surface area contributed by atoms with Crippen LogP contribution in [0.4, 0.5) is 0 Å². The summed E-state index contributed by atoms with van der Waals surface area (Å²) in [6.45, 7) is 0. The molecular formula is C3H3IN2O2S2. The first kappa shape index (κ1) is 8.34. The topological polar surface area (TPSA) is 59.9 Å². The van der Waals surface area contributed by atoms with Gasteiger partial charge in [0.05, 0.1) is 0 Å². The van der Waals surface area contributed by atoms with Gasteiger partial charge < -0.3 is 0 Å². The third-order valence-electron chi connectivity index (χ3n) is 0.708. The Hall–Kier alpha value is 0.240. The third-order valence-corrected chi connectivity index (χ3v) is 3.00. The maximum atomic E-state index is 10.2. The zero-order chi connectivity index (χ0) is 7.56. The molecule has 0 atom stereocenters. The molecule has 7 heteroatoms. The molecule has 0 saturated carbocycles. The number of halogens is 1. The number of thiol groups is 1. The average Bonchev–Trinajstić information content (AvgIpc) is 2.13. The standard InChI is InChI=1S/C3H3IN2O2S2/c4-3-5-2(9-6-3)1-10(7)8/h10H,1H2. The van der Waals surface area contributed by atoms with Gasteiger partial charge in [-0.3, -0.25) is 0 Å². The molecule has 0 aromatic carbocycles. The van der Waals surface area contributed by atoms with Crippen LogP contribution in [0.15, 0.2) is 0 Å². The van der Waals surface area contributed by atoms with Crippen LogP contribution in [0, 0.1) is 3.83 Å². The molecule has 10 heavy (non-hydrogen) atoms. The maximum Gasteiger partial charge on any atom is 0.203 e. The lowest BCUT2D eigenvalue weighted by Crippen LogP contribution is -1.84. The van der Waals surface area contributed by atoms with Crippen LogP contribution in [-0.2, 0) is 16.5 Å². The van der Waals surface area contributed by atoms with Crippen LogP contribution in [0.25, 0.3) is 0 Å². The van der Waals surface area contributed by atoms with E-state index in [1.54, 1.807) is 0 Å². The molecule has 0 amide bonds. The fourth-order valence-corrected chi connectivity index (χ4v) is 2.35. The molecule has 0 radical (unpaired) electrons. The lowest BCUT2D eigenvalue weighted by Gasteiger charge is -1.78. The molecule has 56 valence electrons. The lowest BCUT2D eigenvalue weighted by atomic mass is 10.8. The fourth-order valence-electron chi connectivity index (χ4n) is 0.409. The lowest BCUT2D eigenvalue weighted by molar-refractivity contribution is 0.614. The van der Waals surface area contributed by atoms with Crippen molar-refractivity contribution in [3.05, 3.63) is 8.84 Å². The van der Waals surface area contributed by atoms with Crippen molar-refractivity contribution in [2.45, 2.75) is 5.75 Å². The number of rotatable bonds is 2. The van der Waals surface area contributed by atoms with Gasteiger partial charge in [-0.15, -0.1) is 0 Å². The van der Waals surface area contributed by atoms with E-state index in [1.165, 1.54) is 0 Å². The molecule has 4 nitrogen and oxygen atoms in total. The van der Waals surface area contributed by atoms with Crippen LogP contribution >= 0.6 is 34.1 Å². The summed E-state index contributed by atoms with van der Waals surface area (Å²) in [7, 11) is -2.36. The summed E-state index contributed by atoms with van der Waals surface area (Å²) >= 11 is 3.06. The van der Waals surface area contributed by atoms with Gasteiger partial charge in [0.1, 0.15) is 21.5 Å². The van der Waals surface area contributed by atoms with Crippen LogP contribution in [0.2, 0.25) is 0 Å². The Balaban J connectivity index is 2.76. The Bertz CT molecular complexity index is 286. The number of nitrogens with zero attached hydrogens (tertiary/aromatic N) is 2. The zero-order valence-corrected chi connectivity index (χ0v) is 8.52. The second kappa shape index (κ2) is 3.58. The SMILES string of the molecule is O=[SH](=O)Cc1nc(I)ns1. The van der Waals surface area contributed by atoms with Crippen LogP contribution in [0.3, 0.4) is 0 Å². The molecular weight excluding hydrogens is 287 g/mol. The van der Waals surface area contributed by atoms with Crippen molar-refractivity contribution in [2.24, 2.45) is 0 Å². The van der Waals surface area contributed by atoms with E-state index in [-0.39, 0.29) is 5.75 Å². The quantitative estimate of drug-likeness (QED) is 0.627. The normalized spacial score (nSPS) is 10.6. The van der Waals surface area contributed by atoms with Crippen molar-refractivity contribution < 1.29 is 8.42 Å². The molecule has 0 aliphatic carbocycles. The average molecular weight is 290 g/mol. The molecule has 0 aliphatic heterocycles. The predicted octanol–water partition coefficient (Wildman–Crippen LogP) is 0.254. The Morgan fingerprint density at radius 1 is 1.60 bits per heavy atom. The van der Waals surface area contributed by atoms with Crippen molar-refractivity contribution in [3.63, 3.8) is 0 Å². The predicted molar refractivity (Wildman–Crippen MR) is 46.6 cm³/mol. The highest BCUT2D eigenvalue weighted by Gasteiger charge is 2.00. The number of hydrogen-bond acceptors (Lipinski definition) is 5. The van der Waals surface area contributed by atoms with Crippen LogP contribution in [0.5, 0.6) is 0 Å². The summed E-state index contributed by atoms with van der Waals surface area (Å²) in [4.78, 5) is 3.86. The molecule has 1 aromatic heterocycles. The van der Waals surface area contributed by atoms with E-state index in [2.05, 4.69) is 9.36 Å². The van der Waals surface area contributed by atoms with E-state index in [0.717, 1.165) is 11.5 Å². The van der Waals surface area contributed by atoms with Crippen molar-refractivity contribution in [1.82, 2.24) is 9.36 Å². The van der Waals surface area contributed by atoms with Crippen LogP contribution in [-0.4, -0.2) is 17.8 Å². The van der Waals surface area contributed by atoms with Gasteiger partial charge >= 0.3 is 0 Å². The van der Waals surface area contributed by atoms with E-state index in [4.69, 9.17) is 0 Å². The summed E-state index contributed by atoms with van der Waals surface area (Å²) in [5, 5.41) is 0.556. The van der Waals surface area contributed by atoms with Gasteiger partial charge in [-0.25, -0.2) is 13.4 Å². The minimum Gasteiger partial charge on any atom is -0.231 e. The van der Waals surface area contributed by atoms with Crippen LogP contribution < -0.4 is 0 Å². The molecule has 0 aliphatic rings. The minimum atomic E-state index is -2.36. The molecule has 0 spiro atoms. The summed E-state index contributed by atoms with van der Waals surface area (Å²) in [6, 6.07) is 0. The van der Waals surface area contributed by atoms with E-state index < -0.39 is 10.7 Å². The Kier molecular flexibility index (Phi) is 2.98. The van der Waals surface area contributed by atoms with E-state index in [9.17, 15) is 8.42 Å². The molecule has 0 unspecified atom stereocenters. The van der Waals surface area contributed by atoms with Gasteiger partial charge in [0.15, 0.2) is 0 Å². The molecule has 1 heterocycles. The fraction of sp³-hybridized carbons (Fsp3) is 0.333. The maximum absolute atomic E-state index is 10.2. The first-order valence-electron chi connectivity index (χ1n) is 2.28. The molecule has 0 fully saturated rings.